The van der Waals surface area contributed by atoms with Crippen LogP contribution in [0.2, 0.25) is 0 Å². The summed E-state index contributed by atoms with van der Waals surface area (Å²) in [6.45, 7) is 9.62. The first-order valence-corrected chi connectivity index (χ1v) is 4.46. The molecule has 0 aliphatic rings. The number of rotatable bonds is 5. The fourth-order valence-corrected chi connectivity index (χ4v) is 1.07. The highest BCUT2D eigenvalue weighted by Gasteiger charge is 2.17. The smallest absolute Gasteiger partial charge is 0.243 e. The van der Waals surface area contributed by atoms with Crippen molar-refractivity contribution >= 4 is 5.91 Å². The van der Waals surface area contributed by atoms with Crippen LogP contribution in [0.25, 0.3) is 0 Å². The lowest BCUT2D eigenvalue weighted by Crippen LogP contribution is -2.42. The Morgan fingerprint density at radius 1 is 1.58 bits per heavy atom. The predicted molar refractivity (Wildman–Crippen MR) is 51.9 cm³/mol. The fraction of sp³-hybridized carbons (Fsp3) is 0.700. The monoisotopic (exact) mass is 169 g/mol. The molecule has 0 saturated carbocycles. The van der Waals surface area contributed by atoms with Crippen molar-refractivity contribution in [3.05, 3.63) is 12.7 Å². The van der Waals surface area contributed by atoms with E-state index in [1.54, 1.807) is 0 Å². The average molecular weight is 169 g/mol. The van der Waals surface area contributed by atoms with Gasteiger partial charge in [0.15, 0.2) is 0 Å². The lowest BCUT2D eigenvalue weighted by molar-refractivity contribution is -0.118. The highest BCUT2D eigenvalue weighted by atomic mass is 16.1. The average Bonchev–Trinajstić information content (AvgIpc) is 2.00. The Bertz CT molecular complexity index is 161. The van der Waals surface area contributed by atoms with Gasteiger partial charge in [0.05, 0.1) is 0 Å². The van der Waals surface area contributed by atoms with E-state index in [-0.39, 0.29) is 11.4 Å². The van der Waals surface area contributed by atoms with Gasteiger partial charge < -0.3 is 5.32 Å². The molecule has 0 spiro atoms. The maximum absolute atomic E-state index is 11.0. The third-order valence-corrected chi connectivity index (χ3v) is 1.80. The second kappa shape index (κ2) is 4.96. The minimum absolute atomic E-state index is 0.0869. The van der Waals surface area contributed by atoms with Crippen molar-refractivity contribution in [2.45, 2.75) is 45.6 Å². The molecule has 0 unspecified atom stereocenters. The highest BCUT2D eigenvalue weighted by Crippen LogP contribution is 2.12. The van der Waals surface area contributed by atoms with Crippen LogP contribution in [0, 0.1) is 0 Å². The highest BCUT2D eigenvalue weighted by molar-refractivity contribution is 5.87. The maximum Gasteiger partial charge on any atom is 0.243 e. The fourth-order valence-electron chi connectivity index (χ4n) is 1.07. The molecule has 0 heterocycles. The molecule has 12 heavy (non-hydrogen) atoms. The van der Waals surface area contributed by atoms with Crippen molar-refractivity contribution in [3.63, 3.8) is 0 Å². The van der Waals surface area contributed by atoms with Gasteiger partial charge in [-0.25, -0.2) is 0 Å². The molecule has 1 N–H and O–H groups in total. The Morgan fingerprint density at radius 2 is 2.17 bits per heavy atom. The minimum Gasteiger partial charge on any atom is -0.348 e. The first kappa shape index (κ1) is 11.2. The van der Waals surface area contributed by atoms with Crippen molar-refractivity contribution < 1.29 is 4.79 Å². The molecular weight excluding hydrogens is 150 g/mol. The largest absolute Gasteiger partial charge is 0.348 e. The van der Waals surface area contributed by atoms with Crippen LogP contribution in [0.5, 0.6) is 0 Å². The Balaban J connectivity index is 3.85. The van der Waals surface area contributed by atoms with Crippen LogP contribution in [-0.4, -0.2) is 11.4 Å². The summed E-state index contributed by atoms with van der Waals surface area (Å²) in [5.41, 5.74) is -0.0959. The third-order valence-electron chi connectivity index (χ3n) is 1.80. The van der Waals surface area contributed by atoms with E-state index in [1.807, 2.05) is 13.8 Å². The van der Waals surface area contributed by atoms with E-state index >= 15 is 0 Å². The molecule has 0 aliphatic heterocycles. The summed E-state index contributed by atoms with van der Waals surface area (Å²) < 4.78 is 0. The molecule has 0 rings (SSSR count). The van der Waals surface area contributed by atoms with Crippen molar-refractivity contribution in [3.8, 4) is 0 Å². The van der Waals surface area contributed by atoms with Gasteiger partial charge in [-0.05, 0) is 26.3 Å². The maximum atomic E-state index is 11.0. The molecule has 1 amide bonds. The standard InChI is InChI=1S/C10H19NO/c1-5-7-8-10(3,4)11-9(12)6-2/h6H,2,5,7-8H2,1,3-4H3,(H,11,12). The summed E-state index contributed by atoms with van der Waals surface area (Å²) in [7, 11) is 0. The molecule has 0 radical (unpaired) electrons. The lowest BCUT2D eigenvalue weighted by atomic mass is 9.97. The van der Waals surface area contributed by atoms with Crippen molar-refractivity contribution in [1.29, 1.82) is 0 Å². The number of carbonyl (C=O) groups is 1. The van der Waals surface area contributed by atoms with E-state index < -0.39 is 0 Å². The molecule has 0 fully saturated rings. The molecule has 2 heteroatoms. The van der Waals surface area contributed by atoms with Crippen LogP contribution in [0.15, 0.2) is 12.7 Å². The number of unbranched alkanes of at least 4 members (excludes halogenated alkanes) is 1. The Kier molecular flexibility index (Phi) is 4.64. The summed E-state index contributed by atoms with van der Waals surface area (Å²) >= 11 is 0. The first-order chi connectivity index (χ1) is 5.52. The molecule has 0 atom stereocenters. The zero-order chi connectivity index (χ0) is 9.61. The lowest BCUT2D eigenvalue weighted by Gasteiger charge is -2.25. The molecule has 0 aromatic heterocycles. The van der Waals surface area contributed by atoms with Gasteiger partial charge in [0.2, 0.25) is 5.91 Å². The van der Waals surface area contributed by atoms with E-state index in [0.717, 1.165) is 19.3 Å². The van der Waals surface area contributed by atoms with Crippen LogP contribution >= 0.6 is 0 Å². The zero-order valence-electron chi connectivity index (χ0n) is 8.31. The van der Waals surface area contributed by atoms with E-state index in [2.05, 4.69) is 18.8 Å². The quantitative estimate of drug-likeness (QED) is 0.628. The first-order valence-electron chi connectivity index (χ1n) is 4.46. The summed E-state index contributed by atoms with van der Waals surface area (Å²) in [5.74, 6) is -0.0869. The van der Waals surface area contributed by atoms with Gasteiger partial charge in [0.25, 0.3) is 0 Å². The van der Waals surface area contributed by atoms with E-state index in [1.165, 1.54) is 6.08 Å². The number of carbonyl (C=O) groups excluding carboxylic acids is 1. The van der Waals surface area contributed by atoms with E-state index in [0.29, 0.717) is 0 Å². The van der Waals surface area contributed by atoms with Crippen LogP contribution in [0.4, 0.5) is 0 Å². The zero-order valence-corrected chi connectivity index (χ0v) is 8.31. The number of amides is 1. The Labute approximate surface area is 75.0 Å². The molecule has 0 bridgehead atoms. The predicted octanol–water partition coefficient (Wildman–Crippen LogP) is 2.26. The molecule has 0 saturated heterocycles. The number of hydrogen-bond donors (Lipinski definition) is 1. The van der Waals surface area contributed by atoms with E-state index in [9.17, 15) is 4.79 Å². The van der Waals surface area contributed by atoms with Crippen LogP contribution in [0.1, 0.15) is 40.0 Å². The summed E-state index contributed by atoms with van der Waals surface area (Å²) in [4.78, 5) is 11.0. The second-order valence-corrected chi connectivity index (χ2v) is 3.68. The molecule has 0 aromatic carbocycles. The van der Waals surface area contributed by atoms with Gasteiger partial charge in [0, 0.05) is 5.54 Å². The van der Waals surface area contributed by atoms with Crippen molar-refractivity contribution in [2.75, 3.05) is 0 Å². The van der Waals surface area contributed by atoms with Crippen LogP contribution < -0.4 is 5.32 Å². The van der Waals surface area contributed by atoms with Gasteiger partial charge in [0.1, 0.15) is 0 Å². The third kappa shape index (κ3) is 4.94. The Hall–Kier alpha value is -0.790. The summed E-state index contributed by atoms with van der Waals surface area (Å²) in [6, 6.07) is 0. The molecular formula is C10H19NO. The molecule has 70 valence electrons. The second-order valence-electron chi connectivity index (χ2n) is 3.68. The number of nitrogens with one attached hydrogen (secondary N) is 1. The summed E-state index contributed by atoms with van der Waals surface area (Å²) in [5, 5.41) is 2.88. The normalized spacial score (nSPS) is 10.9. The Morgan fingerprint density at radius 3 is 2.58 bits per heavy atom. The van der Waals surface area contributed by atoms with Gasteiger partial charge in [-0.2, -0.15) is 0 Å². The van der Waals surface area contributed by atoms with Gasteiger partial charge in [-0.3, -0.25) is 4.79 Å². The van der Waals surface area contributed by atoms with Crippen molar-refractivity contribution in [1.82, 2.24) is 5.32 Å². The topological polar surface area (TPSA) is 29.1 Å². The van der Waals surface area contributed by atoms with Gasteiger partial charge >= 0.3 is 0 Å². The summed E-state index contributed by atoms with van der Waals surface area (Å²) in [6.07, 6.45) is 4.63. The SMILES string of the molecule is C=CC(=O)NC(C)(C)CCCC. The van der Waals surface area contributed by atoms with E-state index in [4.69, 9.17) is 0 Å². The minimum atomic E-state index is -0.0959. The number of hydrogen-bond acceptors (Lipinski definition) is 1. The molecule has 0 aromatic rings. The molecule has 2 nitrogen and oxygen atoms in total. The molecule has 0 aliphatic carbocycles. The van der Waals surface area contributed by atoms with Crippen LogP contribution in [0.3, 0.4) is 0 Å². The van der Waals surface area contributed by atoms with Gasteiger partial charge in [-0.1, -0.05) is 26.3 Å². The van der Waals surface area contributed by atoms with Gasteiger partial charge in [-0.15, -0.1) is 0 Å². The van der Waals surface area contributed by atoms with Crippen molar-refractivity contribution in [2.24, 2.45) is 0 Å². The van der Waals surface area contributed by atoms with Crippen LogP contribution in [-0.2, 0) is 4.79 Å².